The van der Waals surface area contributed by atoms with Crippen LogP contribution in [0.25, 0.3) is 0 Å². The maximum absolute atomic E-state index is 11.2. The lowest BCUT2D eigenvalue weighted by Crippen LogP contribution is -2.31. The van der Waals surface area contributed by atoms with Gasteiger partial charge in [-0.1, -0.05) is 6.58 Å². The molecule has 1 rings (SSSR count). The molecule has 0 bridgehead atoms. The number of ether oxygens (including phenoxy) is 1. The molecule has 0 aromatic rings. The number of hydrogen-bond donors (Lipinski definition) is 1. The largest absolute Gasteiger partial charge is 0.461 e. The minimum atomic E-state index is -0.488. The summed E-state index contributed by atoms with van der Waals surface area (Å²) in [6.07, 6.45) is 0. The molecule has 0 aromatic heterocycles. The summed E-state index contributed by atoms with van der Waals surface area (Å²) in [6, 6.07) is 0. The average Bonchev–Trinajstić information content (AvgIpc) is 2.34. The van der Waals surface area contributed by atoms with Crippen molar-refractivity contribution in [3.8, 4) is 0 Å². The van der Waals surface area contributed by atoms with Crippen LogP contribution in [-0.4, -0.2) is 25.0 Å². The number of carbonyl (C=O) groups excluding carboxylic acids is 2. The maximum Gasteiger partial charge on any atom is 0.334 e. The Kier molecular flexibility index (Phi) is 2.47. The molecule has 1 aliphatic rings. The first-order valence-electron chi connectivity index (χ1n) is 3.80. The number of hydrogen-bond acceptors (Lipinski definition) is 3. The Balaban J connectivity index is 2.59. The first-order valence-corrected chi connectivity index (χ1v) is 3.80. The van der Waals surface area contributed by atoms with E-state index in [2.05, 4.69) is 16.6 Å². The number of cyclic esters (lactones) is 1. The van der Waals surface area contributed by atoms with Crippen LogP contribution in [0.4, 0.5) is 0 Å². The number of carbonyl (C=O) groups is 2. The molecular formula is C8H11NO3. The molecule has 0 spiro atoms. The number of rotatable bonds is 2. The van der Waals surface area contributed by atoms with Gasteiger partial charge in [-0.2, -0.15) is 0 Å². The zero-order valence-electron chi connectivity index (χ0n) is 6.92. The fraction of sp³-hybridized carbons (Fsp3) is 0.500. The second kappa shape index (κ2) is 3.38. The van der Waals surface area contributed by atoms with Gasteiger partial charge < -0.3 is 10.1 Å². The quantitative estimate of drug-likeness (QED) is 0.462. The van der Waals surface area contributed by atoms with E-state index in [-0.39, 0.29) is 18.1 Å². The van der Waals surface area contributed by atoms with Gasteiger partial charge >= 0.3 is 5.97 Å². The molecule has 66 valence electrons. The van der Waals surface area contributed by atoms with Crippen LogP contribution in [0.2, 0.25) is 0 Å². The molecule has 4 nitrogen and oxygen atoms in total. The molecule has 1 aliphatic heterocycles. The summed E-state index contributed by atoms with van der Waals surface area (Å²) in [5, 5.41) is 2.61. The molecule has 1 atom stereocenters. The van der Waals surface area contributed by atoms with Crippen LogP contribution in [0.5, 0.6) is 0 Å². The van der Waals surface area contributed by atoms with E-state index in [9.17, 15) is 9.59 Å². The maximum atomic E-state index is 11.2. The Morgan fingerprint density at radius 1 is 1.83 bits per heavy atom. The van der Waals surface area contributed by atoms with Crippen molar-refractivity contribution in [1.29, 1.82) is 0 Å². The zero-order valence-corrected chi connectivity index (χ0v) is 6.92. The summed E-state index contributed by atoms with van der Waals surface area (Å²) >= 11 is 0. The van der Waals surface area contributed by atoms with Crippen molar-refractivity contribution in [1.82, 2.24) is 5.32 Å². The minimum absolute atomic E-state index is 0.128. The highest BCUT2D eigenvalue weighted by Crippen LogP contribution is 2.19. The standard InChI is InChI=1S/C8H11NO3/c1-3-9-7(10)6-4-12-8(11)5(6)2/h6H,2-4H2,1H3,(H,9,10). The lowest BCUT2D eigenvalue weighted by molar-refractivity contribution is -0.135. The molecule has 1 heterocycles. The van der Waals surface area contributed by atoms with Gasteiger partial charge in [0.05, 0.1) is 0 Å². The summed E-state index contributed by atoms with van der Waals surface area (Å²) in [5.41, 5.74) is 0.251. The smallest absolute Gasteiger partial charge is 0.334 e. The van der Waals surface area contributed by atoms with E-state index in [0.29, 0.717) is 6.54 Å². The average molecular weight is 169 g/mol. The van der Waals surface area contributed by atoms with Crippen LogP contribution in [0.15, 0.2) is 12.2 Å². The van der Waals surface area contributed by atoms with Gasteiger partial charge in [0.25, 0.3) is 0 Å². The van der Waals surface area contributed by atoms with Gasteiger partial charge in [-0.25, -0.2) is 4.79 Å². The van der Waals surface area contributed by atoms with E-state index >= 15 is 0 Å². The Hall–Kier alpha value is -1.32. The topological polar surface area (TPSA) is 55.4 Å². The highest BCUT2D eigenvalue weighted by molar-refractivity contribution is 5.99. The van der Waals surface area contributed by atoms with E-state index in [1.807, 2.05) is 6.92 Å². The summed E-state index contributed by atoms with van der Waals surface area (Å²) in [4.78, 5) is 22.0. The first-order chi connectivity index (χ1) is 5.66. The number of amides is 1. The van der Waals surface area contributed by atoms with Gasteiger partial charge in [-0.05, 0) is 6.92 Å². The molecule has 1 fully saturated rings. The van der Waals surface area contributed by atoms with Crippen molar-refractivity contribution in [3.63, 3.8) is 0 Å². The second-order valence-electron chi connectivity index (χ2n) is 2.57. The molecule has 4 heteroatoms. The third-order valence-electron chi connectivity index (χ3n) is 1.73. The minimum Gasteiger partial charge on any atom is -0.461 e. The predicted molar refractivity (Wildman–Crippen MR) is 42.3 cm³/mol. The van der Waals surface area contributed by atoms with Gasteiger partial charge in [0.15, 0.2) is 0 Å². The zero-order chi connectivity index (χ0) is 9.14. The molecule has 12 heavy (non-hydrogen) atoms. The van der Waals surface area contributed by atoms with Crippen LogP contribution < -0.4 is 5.32 Å². The van der Waals surface area contributed by atoms with Gasteiger partial charge in [-0.15, -0.1) is 0 Å². The van der Waals surface area contributed by atoms with Crippen LogP contribution in [-0.2, 0) is 14.3 Å². The lowest BCUT2D eigenvalue weighted by atomic mass is 10.0. The van der Waals surface area contributed by atoms with Crippen molar-refractivity contribution >= 4 is 11.9 Å². The van der Waals surface area contributed by atoms with Crippen LogP contribution in [0, 0.1) is 5.92 Å². The molecule has 1 N–H and O–H groups in total. The summed E-state index contributed by atoms with van der Waals surface area (Å²) < 4.78 is 4.65. The van der Waals surface area contributed by atoms with E-state index in [0.717, 1.165) is 0 Å². The highest BCUT2D eigenvalue weighted by Gasteiger charge is 2.33. The van der Waals surface area contributed by atoms with E-state index in [1.165, 1.54) is 0 Å². The fourth-order valence-electron chi connectivity index (χ4n) is 1.03. The van der Waals surface area contributed by atoms with Crippen molar-refractivity contribution in [3.05, 3.63) is 12.2 Å². The molecule has 0 aromatic carbocycles. The Morgan fingerprint density at radius 3 is 2.92 bits per heavy atom. The third-order valence-corrected chi connectivity index (χ3v) is 1.73. The third kappa shape index (κ3) is 1.47. The van der Waals surface area contributed by atoms with E-state index in [1.54, 1.807) is 0 Å². The van der Waals surface area contributed by atoms with Crippen molar-refractivity contribution < 1.29 is 14.3 Å². The van der Waals surface area contributed by atoms with Gasteiger partial charge in [0.2, 0.25) is 5.91 Å². The molecular weight excluding hydrogens is 158 g/mol. The summed E-state index contributed by atoms with van der Waals surface area (Å²) in [5.74, 6) is -1.14. The van der Waals surface area contributed by atoms with Crippen molar-refractivity contribution in [2.45, 2.75) is 6.92 Å². The predicted octanol–water partition coefficient (Wildman–Crippen LogP) is -0.148. The normalized spacial score (nSPS) is 22.2. The number of esters is 1. The van der Waals surface area contributed by atoms with Gasteiger partial charge in [-0.3, -0.25) is 4.79 Å². The lowest BCUT2D eigenvalue weighted by Gasteiger charge is -2.05. The molecule has 0 aliphatic carbocycles. The second-order valence-corrected chi connectivity index (χ2v) is 2.57. The van der Waals surface area contributed by atoms with Crippen molar-refractivity contribution in [2.24, 2.45) is 5.92 Å². The first kappa shape index (κ1) is 8.77. The molecule has 0 saturated carbocycles. The Labute approximate surface area is 70.6 Å². The highest BCUT2D eigenvalue weighted by atomic mass is 16.5. The summed E-state index contributed by atoms with van der Waals surface area (Å²) in [7, 11) is 0. The number of nitrogens with one attached hydrogen (secondary N) is 1. The Bertz CT molecular complexity index is 234. The van der Waals surface area contributed by atoms with Crippen molar-refractivity contribution in [2.75, 3.05) is 13.2 Å². The van der Waals surface area contributed by atoms with E-state index < -0.39 is 11.9 Å². The van der Waals surface area contributed by atoms with E-state index in [4.69, 9.17) is 0 Å². The molecule has 0 radical (unpaired) electrons. The van der Waals surface area contributed by atoms with Gasteiger partial charge in [0, 0.05) is 12.1 Å². The van der Waals surface area contributed by atoms with Crippen LogP contribution in [0.3, 0.4) is 0 Å². The van der Waals surface area contributed by atoms with Gasteiger partial charge in [0.1, 0.15) is 12.5 Å². The summed E-state index contributed by atoms with van der Waals surface area (Å²) in [6.45, 7) is 5.98. The molecule has 1 amide bonds. The van der Waals surface area contributed by atoms with Crippen LogP contribution in [0.1, 0.15) is 6.92 Å². The molecule has 1 saturated heterocycles. The van der Waals surface area contributed by atoms with Crippen LogP contribution >= 0.6 is 0 Å². The molecule has 1 unspecified atom stereocenters. The monoisotopic (exact) mass is 169 g/mol. The SMILES string of the molecule is C=C1C(=O)OCC1C(=O)NCC. The fourth-order valence-corrected chi connectivity index (χ4v) is 1.03. The Morgan fingerprint density at radius 2 is 2.50 bits per heavy atom.